The summed E-state index contributed by atoms with van der Waals surface area (Å²) in [5.41, 5.74) is 0.0802. The van der Waals surface area contributed by atoms with Crippen molar-refractivity contribution in [2.45, 2.75) is 37.6 Å². The Kier molecular flexibility index (Phi) is 7.66. The number of hydrogen-bond acceptors (Lipinski definition) is 11. The van der Waals surface area contributed by atoms with Crippen LogP contribution in [0.25, 0.3) is 11.0 Å². The molecule has 0 amide bonds. The van der Waals surface area contributed by atoms with Gasteiger partial charge >= 0.3 is 41.2 Å². The molecule has 1 aromatic heterocycles. The molecule has 2 heterocycles. The second-order valence-corrected chi connectivity index (χ2v) is 7.25. The van der Waals surface area contributed by atoms with E-state index in [0.717, 1.165) is 0 Å². The first-order chi connectivity index (χ1) is 13.5. The van der Waals surface area contributed by atoms with Crippen LogP contribution in [-0.2, 0) is 24.1 Å². The molecule has 1 aliphatic rings. The molecule has 5 atom stereocenters. The van der Waals surface area contributed by atoms with E-state index >= 15 is 0 Å². The van der Waals surface area contributed by atoms with Gasteiger partial charge in [-0.2, -0.15) is 0 Å². The van der Waals surface area contributed by atoms with Crippen molar-refractivity contribution < 1.29 is 80.7 Å². The van der Waals surface area contributed by atoms with Crippen molar-refractivity contribution in [1.82, 2.24) is 0 Å². The van der Waals surface area contributed by atoms with Crippen LogP contribution in [0.3, 0.4) is 0 Å². The van der Waals surface area contributed by atoms with Gasteiger partial charge in [-0.1, -0.05) is 0 Å². The van der Waals surface area contributed by atoms with Crippen LogP contribution in [0, 0.1) is 6.92 Å². The topological polar surface area (TPSA) is 193 Å². The Morgan fingerprint density at radius 2 is 1.87 bits per heavy atom. The van der Waals surface area contributed by atoms with Gasteiger partial charge < -0.3 is 33.8 Å². The molecule has 12 nitrogen and oxygen atoms in total. The van der Waals surface area contributed by atoms with Crippen molar-refractivity contribution in [1.29, 1.82) is 0 Å². The molecule has 30 heavy (non-hydrogen) atoms. The number of aliphatic hydroxyl groups excluding tert-OH is 2. The number of aliphatic carboxylic acids is 1. The largest absolute Gasteiger partial charge is 1.00 e. The summed E-state index contributed by atoms with van der Waals surface area (Å²) in [6.07, 6.45) is -10.2. The summed E-state index contributed by atoms with van der Waals surface area (Å²) in [6.45, 7) is 1.67. The minimum Gasteiger partial charge on any atom is -0.726 e. The number of fused-ring (bicyclic) bond motifs is 1. The molecule has 3 rings (SSSR count). The zero-order valence-electron chi connectivity index (χ0n) is 15.6. The second kappa shape index (κ2) is 9.30. The van der Waals surface area contributed by atoms with Gasteiger partial charge in [0.05, 0.1) is 0 Å². The minimum absolute atomic E-state index is 0. The van der Waals surface area contributed by atoms with Crippen LogP contribution in [0.2, 0.25) is 0 Å². The maximum Gasteiger partial charge on any atom is 1.00 e. The first-order valence-corrected chi connectivity index (χ1v) is 9.39. The molecule has 1 aliphatic heterocycles. The standard InChI is InChI=1S/C16H16O12S.Na/c1-6-4-10(17)26-9-5-7(2-3-8(6)9)25-16-14(28-29(22,23)24)12(19)11(18)13(27-16)15(20)21;/h2-5,11-14,16,18-19H,1H3,(H,20,21)(H,22,23,24);/q;+1/p-1/t11-,12-,13+,14+,16+;/m0./s1. The molecule has 0 bridgehead atoms. The first kappa shape index (κ1) is 24.7. The van der Waals surface area contributed by atoms with E-state index in [-0.39, 0.29) is 40.9 Å². The molecular formula is C16H15NaO12S. The second-order valence-electron chi connectivity index (χ2n) is 6.24. The summed E-state index contributed by atoms with van der Waals surface area (Å²) < 4.78 is 52.5. The van der Waals surface area contributed by atoms with Crippen LogP contribution < -0.4 is 39.9 Å². The molecule has 0 unspecified atom stereocenters. The fourth-order valence-electron chi connectivity index (χ4n) is 2.89. The molecule has 0 radical (unpaired) electrons. The number of carboxylic acids is 1. The molecule has 2 aromatic rings. The van der Waals surface area contributed by atoms with E-state index in [1.807, 2.05) is 0 Å². The van der Waals surface area contributed by atoms with Crippen LogP contribution in [0.4, 0.5) is 0 Å². The quantitative estimate of drug-likeness (QED) is 0.171. The number of benzene rings is 1. The fourth-order valence-corrected chi connectivity index (χ4v) is 3.36. The van der Waals surface area contributed by atoms with E-state index in [0.29, 0.717) is 10.9 Å². The number of carbonyl (C=O) groups is 1. The Labute approximate surface area is 191 Å². The molecule has 3 N–H and O–H groups in total. The Morgan fingerprint density at radius 1 is 1.20 bits per heavy atom. The Morgan fingerprint density at radius 3 is 2.47 bits per heavy atom. The third kappa shape index (κ3) is 5.38. The number of aryl methyl sites for hydroxylation is 1. The fraction of sp³-hybridized carbons (Fsp3) is 0.375. The molecule has 1 saturated heterocycles. The number of aliphatic hydroxyl groups is 2. The Bertz CT molecular complexity index is 1100. The monoisotopic (exact) mass is 454 g/mol. The van der Waals surface area contributed by atoms with Crippen molar-refractivity contribution in [2.75, 3.05) is 0 Å². The van der Waals surface area contributed by atoms with Crippen LogP contribution in [-0.4, -0.2) is 65.0 Å². The summed E-state index contributed by atoms with van der Waals surface area (Å²) in [5, 5.41) is 29.5. The predicted molar refractivity (Wildman–Crippen MR) is 90.7 cm³/mol. The zero-order chi connectivity index (χ0) is 21.5. The third-order valence-corrected chi connectivity index (χ3v) is 4.65. The van der Waals surface area contributed by atoms with Gasteiger partial charge in [0.25, 0.3) is 0 Å². The molecular weight excluding hydrogens is 439 g/mol. The predicted octanol–water partition coefficient (Wildman–Crippen LogP) is -4.14. The Balaban J connectivity index is 0.00000320. The molecule has 0 spiro atoms. The smallest absolute Gasteiger partial charge is 0.726 e. The molecule has 0 saturated carbocycles. The normalized spacial score (nSPS) is 26.7. The summed E-state index contributed by atoms with van der Waals surface area (Å²) >= 11 is 0. The number of rotatable bonds is 5. The molecule has 158 valence electrons. The van der Waals surface area contributed by atoms with E-state index in [2.05, 4.69) is 4.18 Å². The summed E-state index contributed by atoms with van der Waals surface area (Å²) in [4.78, 5) is 22.8. The molecule has 1 fully saturated rings. The van der Waals surface area contributed by atoms with Gasteiger partial charge in [0, 0.05) is 17.5 Å². The van der Waals surface area contributed by atoms with Gasteiger partial charge in [-0.05, 0) is 24.6 Å². The van der Waals surface area contributed by atoms with Crippen molar-refractivity contribution in [2.24, 2.45) is 0 Å². The van der Waals surface area contributed by atoms with Crippen molar-refractivity contribution in [3.05, 3.63) is 40.2 Å². The van der Waals surface area contributed by atoms with E-state index in [1.165, 1.54) is 24.3 Å². The zero-order valence-corrected chi connectivity index (χ0v) is 18.4. The molecule has 14 heteroatoms. The average Bonchev–Trinajstić information content (AvgIpc) is 2.59. The third-order valence-electron chi connectivity index (χ3n) is 4.19. The van der Waals surface area contributed by atoms with Gasteiger partial charge in [-0.15, -0.1) is 0 Å². The van der Waals surface area contributed by atoms with Gasteiger partial charge in [0.15, 0.2) is 12.2 Å². The SMILES string of the molecule is Cc1cc(=O)oc2cc(O[C@@H]3O[C@@H](C(=O)O)[C@@H](O)[C@H](O)[C@H]3OS(=O)(=O)[O-])ccc12.[Na+]. The number of ether oxygens (including phenoxy) is 2. The Hall–Kier alpha value is -1.55. The number of hydrogen-bond donors (Lipinski definition) is 3. The van der Waals surface area contributed by atoms with Gasteiger partial charge in [-0.25, -0.2) is 18.0 Å². The summed E-state index contributed by atoms with van der Waals surface area (Å²) in [6, 6.07) is 5.38. The van der Waals surface area contributed by atoms with Crippen LogP contribution in [0.1, 0.15) is 5.56 Å². The first-order valence-electron chi connectivity index (χ1n) is 8.06. The van der Waals surface area contributed by atoms with E-state index < -0.39 is 52.7 Å². The summed E-state index contributed by atoms with van der Waals surface area (Å²) in [7, 11) is -5.38. The molecule has 1 aromatic carbocycles. The minimum atomic E-state index is -5.38. The maximum absolute atomic E-state index is 11.5. The van der Waals surface area contributed by atoms with Gasteiger partial charge in [-0.3, -0.25) is 4.18 Å². The van der Waals surface area contributed by atoms with Crippen LogP contribution in [0.5, 0.6) is 5.75 Å². The number of carboxylic acid groups (broad SMARTS) is 1. The van der Waals surface area contributed by atoms with Crippen LogP contribution >= 0.6 is 0 Å². The van der Waals surface area contributed by atoms with E-state index in [1.54, 1.807) is 6.92 Å². The van der Waals surface area contributed by atoms with Gasteiger partial charge in [0.1, 0.15) is 23.5 Å². The van der Waals surface area contributed by atoms with E-state index in [4.69, 9.17) is 19.0 Å². The maximum atomic E-state index is 11.5. The van der Waals surface area contributed by atoms with E-state index in [9.17, 15) is 32.8 Å². The van der Waals surface area contributed by atoms with Crippen molar-refractivity contribution in [3.63, 3.8) is 0 Å². The summed E-state index contributed by atoms with van der Waals surface area (Å²) in [5.74, 6) is -1.76. The molecule has 0 aliphatic carbocycles. The average molecular weight is 454 g/mol. The van der Waals surface area contributed by atoms with Crippen molar-refractivity contribution in [3.8, 4) is 5.75 Å². The van der Waals surface area contributed by atoms with Crippen molar-refractivity contribution >= 4 is 27.3 Å². The van der Waals surface area contributed by atoms with Gasteiger partial charge in [0.2, 0.25) is 16.7 Å². The van der Waals surface area contributed by atoms with Crippen LogP contribution in [0.15, 0.2) is 33.5 Å².